The van der Waals surface area contributed by atoms with Crippen LogP contribution in [0.1, 0.15) is 25.7 Å². The number of hydrogen-bond acceptors (Lipinski definition) is 7. The van der Waals surface area contributed by atoms with Gasteiger partial charge in [0.25, 0.3) is 0 Å². The van der Waals surface area contributed by atoms with E-state index >= 15 is 0 Å². The van der Waals surface area contributed by atoms with Crippen molar-refractivity contribution >= 4 is 22.6 Å². The van der Waals surface area contributed by atoms with Gasteiger partial charge in [-0.25, -0.2) is 15.0 Å². The molecule has 1 aliphatic carbocycles. The molecule has 8 heteroatoms. The summed E-state index contributed by atoms with van der Waals surface area (Å²) in [6.45, 7) is 3.65. The van der Waals surface area contributed by atoms with Crippen molar-refractivity contribution in [3.8, 4) is 11.5 Å². The molecule has 0 radical (unpaired) electrons. The maximum absolute atomic E-state index is 12.8. The van der Waals surface area contributed by atoms with Crippen LogP contribution in [0.3, 0.4) is 0 Å². The van der Waals surface area contributed by atoms with Crippen LogP contribution >= 0.6 is 0 Å². The number of aromatic nitrogens is 3. The molecule has 1 saturated heterocycles. The molecule has 2 fully saturated rings. The fourth-order valence-electron chi connectivity index (χ4n) is 4.44. The zero-order chi connectivity index (χ0) is 20.3. The van der Waals surface area contributed by atoms with E-state index in [1.54, 1.807) is 12.4 Å². The van der Waals surface area contributed by atoms with Crippen molar-refractivity contribution in [2.75, 3.05) is 31.6 Å². The monoisotopic (exact) mass is 407 g/mol. The fraction of sp³-hybridized carbons (Fsp3) is 0.455. The van der Waals surface area contributed by atoms with Gasteiger partial charge < -0.3 is 14.5 Å². The van der Waals surface area contributed by atoms with E-state index in [1.165, 1.54) is 6.39 Å². The predicted molar refractivity (Wildman–Crippen MR) is 112 cm³/mol. The molecule has 0 atom stereocenters. The number of carbonyl (C=O) groups excluding carboxylic acids is 1. The lowest BCUT2D eigenvalue weighted by atomic mass is 9.84. The van der Waals surface area contributed by atoms with Crippen LogP contribution in [-0.4, -0.2) is 58.1 Å². The zero-order valence-electron chi connectivity index (χ0n) is 16.8. The number of nitrogens with one attached hydrogen (secondary N) is 1. The number of rotatable bonds is 4. The molecular weight excluding hydrogens is 382 g/mol. The second-order valence-electron chi connectivity index (χ2n) is 7.97. The van der Waals surface area contributed by atoms with Crippen molar-refractivity contribution in [1.29, 1.82) is 0 Å². The standard InChI is InChI=1S/C22H25N5O3/c28-22(15-1-4-17(5-2-15)27-7-9-29-10-8-27)26-21-11-19-16(12-24-21)3-6-18(25-19)20-13-23-14-30-20/h3,6,11-15,17H,1-2,4-5,7-10H2,(H,24,26,28)/t15-,17+. The molecule has 2 aliphatic rings. The lowest BCUT2D eigenvalue weighted by molar-refractivity contribution is -0.121. The second kappa shape index (κ2) is 8.49. The Bertz CT molecular complexity index is 1010. The molecule has 1 saturated carbocycles. The van der Waals surface area contributed by atoms with Gasteiger partial charge in [-0.2, -0.15) is 0 Å². The third-order valence-electron chi connectivity index (χ3n) is 6.14. The van der Waals surface area contributed by atoms with Gasteiger partial charge in [-0.15, -0.1) is 0 Å². The van der Waals surface area contributed by atoms with Crippen LogP contribution in [-0.2, 0) is 9.53 Å². The average Bonchev–Trinajstić information content (AvgIpc) is 3.34. The lowest BCUT2D eigenvalue weighted by Crippen LogP contribution is -2.45. The van der Waals surface area contributed by atoms with E-state index in [0.29, 0.717) is 23.3 Å². The van der Waals surface area contributed by atoms with Crippen LogP contribution in [0.5, 0.6) is 0 Å². The minimum atomic E-state index is 0.0354. The number of amides is 1. The van der Waals surface area contributed by atoms with Crippen LogP contribution in [0, 0.1) is 5.92 Å². The first-order chi connectivity index (χ1) is 14.8. The maximum atomic E-state index is 12.8. The first-order valence-corrected chi connectivity index (χ1v) is 10.5. The van der Waals surface area contributed by atoms with Gasteiger partial charge in [0, 0.05) is 42.7 Å². The van der Waals surface area contributed by atoms with E-state index in [4.69, 9.17) is 9.15 Å². The van der Waals surface area contributed by atoms with Crippen LogP contribution < -0.4 is 5.32 Å². The summed E-state index contributed by atoms with van der Waals surface area (Å²) in [5, 5.41) is 3.90. The average molecular weight is 407 g/mol. The summed E-state index contributed by atoms with van der Waals surface area (Å²) >= 11 is 0. The molecule has 0 unspecified atom stereocenters. The van der Waals surface area contributed by atoms with Gasteiger partial charge >= 0.3 is 0 Å². The molecule has 5 rings (SSSR count). The summed E-state index contributed by atoms with van der Waals surface area (Å²) in [5.74, 6) is 1.23. The molecule has 3 aromatic rings. The number of morpholine rings is 1. The van der Waals surface area contributed by atoms with E-state index in [0.717, 1.165) is 62.9 Å². The number of fused-ring (bicyclic) bond motifs is 1. The van der Waals surface area contributed by atoms with Crippen molar-refractivity contribution in [3.63, 3.8) is 0 Å². The highest BCUT2D eigenvalue weighted by Gasteiger charge is 2.30. The highest BCUT2D eigenvalue weighted by molar-refractivity contribution is 5.93. The Labute approximate surface area is 174 Å². The molecule has 30 heavy (non-hydrogen) atoms. The summed E-state index contributed by atoms with van der Waals surface area (Å²) in [6.07, 6.45) is 8.69. The first-order valence-electron chi connectivity index (χ1n) is 10.5. The van der Waals surface area contributed by atoms with E-state index in [1.807, 2.05) is 18.2 Å². The number of anilines is 1. The molecule has 1 aliphatic heterocycles. The van der Waals surface area contributed by atoms with Crippen molar-refractivity contribution < 1.29 is 13.9 Å². The molecule has 0 bridgehead atoms. The van der Waals surface area contributed by atoms with Gasteiger partial charge in [0.05, 0.1) is 24.9 Å². The first kappa shape index (κ1) is 19.1. The smallest absolute Gasteiger partial charge is 0.228 e. The van der Waals surface area contributed by atoms with Crippen LogP contribution in [0.15, 0.2) is 41.4 Å². The minimum Gasteiger partial charge on any atom is -0.442 e. The van der Waals surface area contributed by atoms with Crippen molar-refractivity contribution in [2.24, 2.45) is 5.92 Å². The summed E-state index contributed by atoms with van der Waals surface area (Å²) in [4.78, 5) is 28.3. The number of nitrogens with zero attached hydrogens (tertiary/aromatic N) is 4. The number of pyridine rings is 2. The molecular formula is C22H25N5O3. The summed E-state index contributed by atoms with van der Waals surface area (Å²) in [7, 11) is 0. The molecule has 156 valence electrons. The molecule has 4 heterocycles. The highest BCUT2D eigenvalue weighted by atomic mass is 16.5. The van der Waals surface area contributed by atoms with E-state index in [2.05, 4.69) is 25.2 Å². The molecule has 0 spiro atoms. The van der Waals surface area contributed by atoms with Gasteiger partial charge in [0.2, 0.25) is 5.91 Å². The van der Waals surface area contributed by atoms with Gasteiger partial charge in [0.15, 0.2) is 12.2 Å². The van der Waals surface area contributed by atoms with Crippen LogP contribution in [0.2, 0.25) is 0 Å². The molecule has 1 N–H and O–H groups in total. The Balaban J connectivity index is 1.23. The molecule has 1 amide bonds. The molecule has 8 nitrogen and oxygen atoms in total. The molecule has 3 aromatic heterocycles. The van der Waals surface area contributed by atoms with Crippen molar-refractivity contribution in [3.05, 3.63) is 37.0 Å². The van der Waals surface area contributed by atoms with Gasteiger partial charge in [0.1, 0.15) is 11.5 Å². The zero-order valence-corrected chi connectivity index (χ0v) is 16.8. The number of ether oxygens (including phenoxy) is 1. The van der Waals surface area contributed by atoms with Crippen molar-refractivity contribution in [2.45, 2.75) is 31.7 Å². The largest absolute Gasteiger partial charge is 0.442 e. The number of carbonyl (C=O) groups is 1. The topological polar surface area (TPSA) is 93.4 Å². The number of hydrogen-bond donors (Lipinski definition) is 1. The third kappa shape index (κ3) is 4.06. The lowest BCUT2D eigenvalue weighted by Gasteiger charge is -2.38. The Kier molecular flexibility index (Phi) is 5.42. The second-order valence-corrected chi connectivity index (χ2v) is 7.97. The van der Waals surface area contributed by atoms with E-state index in [-0.39, 0.29) is 11.8 Å². The quantitative estimate of drug-likeness (QED) is 0.710. The summed E-state index contributed by atoms with van der Waals surface area (Å²) < 4.78 is 10.8. The van der Waals surface area contributed by atoms with Gasteiger partial charge in [-0.05, 0) is 37.8 Å². The fourth-order valence-corrected chi connectivity index (χ4v) is 4.44. The minimum absolute atomic E-state index is 0.0354. The van der Waals surface area contributed by atoms with Gasteiger partial charge in [-0.1, -0.05) is 0 Å². The Morgan fingerprint density at radius 1 is 1.10 bits per heavy atom. The van der Waals surface area contributed by atoms with E-state index in [9.17, 15) is 4.79 Å². The number of oxazole rings is 1. The summed E-state index contributed by atoms with van der Waals surface area (Å²) in [5.41, 5.74) is 1.45. The Hall–Kier alpha value is -2.84. The highest BCUT2D eigenvalue weighted by Crippen LogP contribution is 2.29. The molecule has 0 aromatic carbocycles. The van der Waals surface area contributed by atoms with E-state index < -0.39 is 0 Å². The van der Waals surface area contributed by atoms with Crippen LogP contribution in [0.25, 0.3) is 22.4 Å². The Morgan fingerprint density at radius 2 is 1.93 bits per heavy atom. The maximum Gasteiger partial charge on any atom is 0.228 e. The normalized spacial score (nSPS) is 22.8. The SMILES string of the molecule is O=C(Nc1cc2nc(-c3cnco3)ccc2cn1)[C@H]1CC[C@@H](N2CCOCC2)CC1. The Morgan fingerprint density at radius 3 is 2.70 bits per heavy atom. The predicted octanol–water partition coefficient (Wildman–Crippen LogP) is 3.11. The van der Waals surface area contributed by atoms with Gasteiger partial charge in [-0.3, -0.25) is 9.69 Å². The van der Waals surface area contributed by atoms with Crippen LogP contribution in [0.4, 0.5) is 5.82 Å². The summed E-state index contributed by atoms with van der Waals surface area (Å²) in [6, 6.07) is 6.20. The third-order valence-corrected chi connectivity index (χ3v) is 6.14. The van der Waals surface area contributed by atoms with Crippen molar-refractivity contribution in [1.82, 2.24) is 19.9 Å².